The Kier molecular flexibility index (Phi) is 1.32. The van der Waals surface area contributed by atoms with Crippen molar-refractivity contribution in [2.24, 2.45) is 5.92 Å². The molecule has 2 heterocycles. The van der Waals surface area contributed by atoms with E-state index in [1.54, 1.807) is 7.11 Å². The Morgan fingerprint density at radius 2 is 2.00 bits per heavy atom. The van der Waals surface area contributed by atoms with Crippen LogP contribution in [0.25, 0.3) is 0 Å². The van der Waals surface area contributed by atoms with Crippen molar-refractivity contribution in [1.82, 2.24) is 0 Å². The van der Waals surface area contributed by atoms with Gasteiger partial charge in [0.15, 0.2) is 0 Å². The fraction of sp³-hybridized carbons (Fsp3) is 0.750. The summed E-state index contributed by atoms with van der Waals surface area (Å²) in [7, 11) is 1.75. The van der Waals surface area contributed by atoms with Gasteiger partial charge in [0.25, 0.3) is 0 Å². The van der Waals surface area contributed by atoms with E-state index in [1.165, 1.54) is 0 Å². The Bertz CT molecular complexity index is 165. The molecule has 2 heteroatoms. The lowest BCUT2D eigenvalue weighted by atomic mass is 9.93. The standard InChI is InChI=1S/C8H12O2/c1-5-6-3-4-7(10-6)8(5)9-2/h3-8H,1-2H3. The third kappa shape index (κ3) is 0.662. The maximum Gasteiger partial charge on any atom is 0.103 e. The Morgan fingerprint density at radius 3 is 2.40 bits per heavy atom. The van der Waals surface area contributed by atoms with Crippen molar-refractivity contribution in [2.45, 2.75) is 25.2 Å². The molecule has 4 atom stereocenters. The van der Waals surface area contributed by atoms with Crippen LogP contribution in [0.1, 0.15) is 6.92 Å². The summed E-state index contributed by atoms with van der Waals surface area (Å²) < 4.78 is 10.8. The molecule has 2 nitrogen and oxygen atoms in total. The molecule has 10 heavy (non-hydrogen) atoms. The molecule has 56 valence electrons. The van der Waals surface area contributed by atoms with E-state index in [9.17, 15) is 0 Å². The predicted octanol–water partition coefficient (Wildman–Crippen LogP) is 0.975. The van der Waals surface area contributed by atoms with E-state index in [-0.39, 0.29) is 12.2 Å². The lowest BCUT2D eigenvalue weighted by molar-refractivity contribution is 0.0359. The zero-order valence-corrected chi connectivity index (χ0v) is 6.28. The van der Waals surface area contributed by atoms with Gasteiger partial charge >= 0.3 is 0 Å². The SMILES string of the molecule is COC1C2C=CC(O2)C1C. The summed E-state index contributed by atoms with van der Waals surface area (Å²) in [4.78, 5) is 0. The number of ether oxygens (including phenoxy) is 2. The molecular weight excluding hydrogens is 128 g/mol. The van der Waals surface area contributed by atoms with Crippen LogP contribution in [0.5, 0.6) is 0 Å². The van der Waals surface area contributed by atoms with Crippen LogP contribution in [0, 0.1) is 5.92 Å². The average molecular weight is 140 g/mol. The van der Waals surface area contributed by atoms with Gasteiger partial charge in [-0.15, -0.1) is 0 Å². The minimum Gasteiger partial charge on any atom is -0.378 e. The second-order valence-electron chi connectivity index (χ2n) is 3.01. The Hall–Kier alpha value is -0.340. The molecule has 0 saturated carbocycles. The fourth-order valence-corrected chi connectivity index (χ4v) is 1.81. The van der Waals surface area contributed by atoms with Crippen LogP contribution in [0.3, 0.4) is 0 Å². The van der Waals surface area contributed by atoms with Crippen molar-refractivity contribution in [2.75, 3.05) is 7.11 Å². The molecule has 2 rings (SSSR count). The molecule has 1 saturated heterocycles. The quantitative estimate of drug-likeness (QED) is 0.505. The van der Waals surface area contributed by atoms with Gasteiger partial charge in [0.2, 0.25) is 0 Å². The van der Waals surface area contributed by atoms with Crippen molar-refractivity contribution in [3.8, 4) is 0 Å². The fourth-order valence-electron chi connectivity index (χ4n) is 1.81. The van der Waals surface area contributed by atoms with Gasteiger partial charge < -0.3 is 9.47 Å². The number of rotatable bonds is 1. The molecule has 0 aromatic carbocycles. The van der Waals surface area contributed by atoms with Gasteiger partial charge in [-0.2, -0.15) is 0 Å². The summed E-state index contributed by atoms with van der Waals surface area (Å²) in [5.74, 6) is 0.528. The van der Waals surface area contributed by atoms with Gasteiger partial charge in [0.1, 0.15) is 6.10 Å². The van der Waals surface area contributed by atoms with E-state index in [0.717, 1.165) is 0 Å². The predicted molar refractivity (Wildman–Crippen MR) is 37.8 cm³/mol. The lowest BCUT2D eigenvalue weighted by Gasteiger charge is -2.19. The van der Waals surface area contributed by atoms with Crippen LogP contribution in [-0.2, 0) is 9.47 Å². The summed E-state index contributed by atoms with van der Waals surface area (Å²) in [6.07, 6.45) is 5.05. The maximum atomic E-state index is 5.55. The highest BCUT2D eigenvalue weighted by Crippen LogP contribution is 2.35. The normalized spacial score (nSPS) is 50.6. The molecule has 0 radical (unpaired) electrons. The third-order valence-electron chi connectivity index (χ3n) is 2.44. The van der Waals surface area contributed by atoms with Crippen LogP contribution < -0.4 is 0 Å². The topological polar surface area (TPSA) is 18.5 Å². The number of hydrogen-bond donors (Lipinski definition) is 0. The van der Waals surface area contributed by atoms with Gasteiger partial charge in [-0.3, -0.25) is 0 Å². The van der Waals surface area contributed by atoms with Crippen molar-refractivity contribution in [1.29, 1.82) is 0 Å². The smallest absolute Gasteiger partial charge is 0.103 e. The van der Waals surface area contributed by atoms with Crippen molar-refractivity contribution < 1.29 is 9.47 Å². The monoisotopic (exact) mass is 140 g/mol. The average Bonchev–Trinajstić information content (AvgIpc) is 2.46. The molecule has 0 aliphatic carbocycles. The molecule has 1 fully saturated rings. The van der Waals surface area contributed by atoms with Crippen molar-refractivity contribution in [3.05, 3.63) is 12.2 Å². The van der Waals surface area contributed by atoms with Crippen molar-refractivity contribution >= 4 is 0 Å². The van der Waals surface area contributed by atoms with E-state index >= 15 is 0 Å². The first-order valence-corrected chi connectivity index (χ1v) is 3.69. The Morgan fingerprint density at radius 1 is 1.30 bits per heavy atom. The van der Waals surface area contributed by atoms with E-state index in [0.29, 0.717) is 12.0 Å². The minimum atomic E-state index is 0.227. The molecule has 2 aliphatic heterocycles. The number of hydrogen-bond acceptors (Lipinski definition) is 2. The Balaban J connectivity index is 2.18. The van der Waals surface area contributed by atoms with E-state index in [1.807, 2.05) is 0 Å². The molecular formula is C8H12O2. The maximum absolute atomic E-state index is 5.55. The first kappa shape index (κ1) is 6.38. The highest BCUT2D eigenvalue weighted by molar-refractivity contribution is 5.14. The van der Waals surface area contributed by atoms with Crippen LogP contribution in [0.15, 0.2) is 12.2 Å². The number of methoxy groups -OCH3 is 1. The molecule has 4 unspecified atom stereocenters. The zero-order valence-electron chi connectivity index (χ0n) is 6.28. The number of fused-ring (bicyclic) bond motifs is 2. The molecule has 0 amide bonds. The third-order valence-corrected chi connectivity index (χ3v) is 2.44. The van der Waals surface area contributed by atoms with Gasteiger partial charge in [-0.25, -0.2) is 0 Å². The van der Waals surface area contributed by atoms with Gasteiger partial charge in [0.05, 0.1) is 12.2 Å². The van der Waals surface area contributed by atoms with Gasteiger partial charge in [-0.05, 0) is 0 Å². The van der Waals surface area contributed by atoms with Crippen LogP contribution in [0.2, 0.25) is 0 Å². The van der Waals surface area contributed by atoms with E-state index in [2.05, 4.69) is 19.1 Å². The molecule has 2 bridgehead atoms. The van der Waals surface area contributed by atoms with Crippen LogP contribution in [0.4, 0.5) is 0 Å². The summed E-state index contributed by atoms with van der Waals surface area (Å²) >= 11 is 0. The summed E-state index contributed by atoms with van der Waals surface area (Å²) in [6, 6.07) is 0. The highest BCUT2D eigenvalue weighted by Gasteiger charge is 2.43. The van der Waals surface area contributed by atoms with E-state index in [4.69, 9.17) is 9.47 Å². The largest absolute Gasteiger partial charge is 0.378 e. The van der Waals surface area contributed by atoms with Crippen LogP contribution in [-0.4, -0.2) is 25.4 Å². The summed E-state index contributed by atoms with van der Waals surface area (Å²) in [5, 5.41) is 0. The lowest BCUT2D eigenvalue weighted by Crippen LogP contribution is -2.28. The molecule has 0 spiro atoms. The van der Waals surface area contributed by atoms with E-state index < -0.39 is 0 Å². The second-order valence-corrected chi connectivity index (χ2v) is 3.01. The molecule has 2 aliphatic rings. The first-order valence-electron chi connectivity index (χ1n) is 3.69. The summed E-state index contributed by atoms with van der Waals surface area (Å²) in [5.41, 5.74) is 0. The summed E-state index contributed by atoms with van der Waals surface area (Å²) in [6.45, 7) is 2.17. The molecule has 0 aromatic heterocycles. The van der Waals surface area contributed by atoms with Gasteiger partial charge in [0, 0.05) is 13.0 Å². The van der Waals surface area contributed by atoms with Crippen molar-refractivity contribution in [3.63, 3.8) is 0 Å². The zero-order chi connectivity index (χ0) is 7.14. The van der Waals surface area contributed by atoms with Crippen LogP contribution >= 0.6 is 0 Å². The first-order chi connectivity index (χ1) is 4.83. The molecule has 0 aromatic rings. The minimum absolute atomic E-state index is 0.227. The Labute approximate surface area is 60.8 Å². The second kappa shape index (κ2) is 2.07. The highest BCUT2D eigenvalue weighted by atomic mass is 16.6. The van der Waals surface area contributed by atoms with Gasteiger partial charge in [-0.1, -0.05) is 19.1 Å². The molecule has 0 N–H and O–H groups in total.